The normalized spacial score (nSPS) is 45.5. The minimum Gasteiger partial charge on any atom is -0.459 e. The van der Waals surface area contributed by atoms with Crippen LogP contribution in [0, 0.1) is 23.7 Å². The van der Waals surface area contributed by atoms with Crippen LogP contribution in [0.3, 0.4) is 0 Å². The average Bonchev–Trinajstić information content (AvgIpc) is 3.22. The highest BCUT2D eigenvalue weighted by molar-refractivity contribution is 5.73. The molecule has 11 heteroatoms. The molecule has 11 nitrogen and oxygen atoms in total. The van der Waals surface area contributed by atoms with Gasteiger partial charge in [0.05, 0.1) is 48.1 Å². The van der Waals surface area contributed by atoms with E-state index < -0.39 is 83.8 Å². The molecular formula is C31H55NO10. The van der Waals surface area contributed by atoms with Crippen LogP contribution in [0.15, 0.2) is 0 Å². The van der Waals surface area contributed by atoms with Crippen LogP contribution in [0.2, 0.25) is 0 Å². The van der Waals surface area contributed by atoms with E-state index in [-0.39, 0.29) is 24.5 Å². The van der Waals surface area contributed by atoms with Gasteiger partial charge in [-0.05, 0) is 67.0 Å². The van der Waals surface area contributed by atoms with Crippen LogP contribution < -0.4 is 0 Å². The molecule has 2 bridgehead atoms. The number of carbonyl (C=O) groups excluding carboxylic acids is 2. The average molecular weight is 602 g/mol. The molecule has 0 saturated carbocycles. The molecule has 42 heavy (non-hydrogen) atoms. The molecule has 0 aliphatic carbocycles. The molecule has 0 radical (unpaired) electrons. The van der Waals surface area contributed by atoms with Crippen LogP contribution >= 0.6 is 0 Å². The van der Waals surface area contributed by atoms with Gasteiger partial charge in [-0.1, -0.05) is 27.7 Å². The van der Waals surface area contributed by atoms with Crippen molar-refractivity contribution in [3.05, 3.63) is 0 Å². The number of hydrogen-bond acceptors (Lipinski definition) is 11. The molecule has 15 atom stereocenters. The van der Waals surface area contributed by atoms with Gasteiger partial charge in [-0.25, -0.2) is 0 Å². The zero-order valence-corrected chi connectivity index (χ0v) is 27.3. The summed E-state index contributed by atoms with van der Waals surface area (Å²) in [6.07, 6.45) is -5.09. The SMILES string of the molecule is CC[C@@H](O)[C@@](C)(O)[C@@H]1OC(=O)[C@H](C)[C@@H](O)[C@H](C)[C@@H](O[C@@H]2O[C@H](C)C[C@H](N(C)C)[C@H]2OC(C)=O)[C@@]2(C)C[C@@H](C)[C@H](O2)[C@@H]1C. The minimum absolute atomic E-state index is 0.0435. The fourth-order valence-electron chi connectivity index (χ4n) is 7.51. The Kier molecular flexibility index (Phi) is 11.2. The van der Waals surface area contributed by atoms with Crippen molar-refractivity contribution in [3.8, 4) is 0 Å². The van der Waals surface area contributed by atoms with Gasteiger partial charge >= 0.3 is 11.9 Å². The molecule has 0 aromatic carbocycles. The van der Waals surface area contributed by atoms with Crippen molar-refractivity contribution in [2.75, 3.05) is 14.1 Å². The third-order valence-corrected chi connectivity index (χ3v) is 9.91. The van der Waals surface area contributed by atoms with Crippen molar-refractivity contribution in [1.82, 2.24) is 4.90 Å². The van der Waals surface area contributed by atoms with E-state index in [1.807, 2.05) is 46.7 Å². The van der Waals surface area contributed by atoms with Gasteiger partial charge in [0.1, 0.15) is 11.7 Å². The monoisotopic (exact) mass is 601 g/mol. The first-order valence-corrected chi connectivity index (χ1v) is 15.5. The van der Waals surface area contributed by atoms with Gasteiger partial charge in [-0.2, -0.15) is 0 Å². The van der Waals surface area contributed by atoms with E-state index in [0.29, 0.717) is 12.8 Å². The van der Waals surface area contributed by atoms with Gasteiger partial charge in [0.2, 0.25) is 0 Å². The number of ether oxygens (including phenoxy) is 5. The van der Waals surface area contributed by atoms with Gasteiger partial charge in [0.15, 0.2) is 12.4 Å². The van der Waals surface area contributed by atoms with Crippen molar-refractivity contribution in [2.45, 2.75) is 148 Å². The summed E-state index contributed by atoms with van der Waals surface area (Å²) in [6, 6.07) is -0.170. The number of cyclic esters (lactones) is 1. The molecule has 0 amide bonds. The number of hydrogen-bond donors (Lipinski definition) is 3. The van der Waals surface area contributed by atoms with Crippen LogP contribution in [0.1, 0.15) is 81.6 Å². The second-order valence-corrected chi connectivity index (χ2v) is 13.8. The molecule has 3 heterocycles. The van der Waals surface area contributed by atoms with Crippen LogP contribution in [0.4, 0.5) is 0 Å². The maximum absolute atomic E-state index is 13.5. The lowest BCUT2D eigenvalue weighted by Gasteiger charge is -2.47. The summed E-state index contributed by atoms with van der Waals surface area (Å²) in [5.74, 6) is -3.29. The highest BCUT2D eigenvalue weighted by atomic mass is 16.7. The Labute approximate surface area is 251 Å². The number of aliphatic hydroxyl groups is 3. The van der Waals surface area contributed by atoms with Gasteiger partial charge in [0.25, 0.3) is 0 Å². The van der Waals surface area contributed by atoms with E-state index in [2.05, 4.69) is 0 Å². The standard InChI is InChI=1S/C31H55NO10/c1-12-22(34)31(9,37)27-19(6)24-15(2)14-30(8,42-24)26(17(4)23(35)18(5)28(36)40-27)41-29-25(39-20(7)33)21(32(10)11)13-16(3)38-29/h15-19,21-27,29,34-35,37H,12-14H2,1-11H3/t15-,16-,17+,18-,19+,21+,22-,23+,24+,25-,26-,27-,29+,30-,31-/m1/s1. The van der Waals surface area contributed by atoms with Crippen molar-refractivity contribution in [2.24, 2.45) is 23.7 Å². The molecule has 0 aromatic rings. The first kappa shape index (κ1) is 35.1. The lowest BCUT2D eigenvalue weighted by molar-refractivity contribution is -0.303. The van der Waals surface area contributed by atoms with E-state index in [0.717, 1.165) is 0 Å². The van der Waals surface area contributed by atoms with Gasteiger partial charge in [-0.3, -0.25) is 9.59 Å². The van der Waals surface area contributed by atoms with Crippen LogP contribution in [-0.4, -0.2) is 113 Å². The molecule has 3 aliphatic heterocycles. The molecule has 244 valence electrons. The van der Waals surface area contributed by atoms with E-state index in [4.69, 9.17) is 23.7 Å². The fourth-order valence-corrected chi connectivity index (χ4v) is 7.51. The first-order valence-electron chi connectivity index (χ1n) is 15.5. The van der Waals surface area contributed by atoms with E-state index in [1.165, 1.54) is 13.8 Å². The first-order chi connectivity index (χ1) is 19.3. The zero-order valence-electron chi connectivity index (χ0n) is 27.3. The smallest absolute Gasteiger partial charge is 0.311 e. The highest BCUT2D eigenvalue weighted by Crippen LogP contribution is 2.47. The minimum atomic E-state index is -1.75. The second-order valence-electron chi connectivity index (χ2n) is 13.8. The molecule has 3 N–H and O–H groups in total. The van der Waals surface area contributed by atoms with Crippen LogP contribution in [0.5, 0.6) is 0 Å². The third-order valence-electron chi connectivity index (χ3n) is 9.91. The quantitative estimate of drug-likeness (QED) is 0.370. The van der Waals surface area contributed by atoms with Crippen LogP contribution in [-0.2, 0) is 33.3 Å². The summed E-state index contributed by atoms with van der Waals surface area (Å²) in [6.45, 7) is 15.7. The summed E-state index contributed by atoms with van der Waals surface area (Å²) in [7, 11) is 3.83. The molecule has 0 aromatic heterocycles. The topological polar surface area (TPSA) is 144 Å². The van der Waals surface area contributed by atoms with Crippen molar-refractivity contribution >= 4 is 11.9 Å². The summed E-state index contributed by atoms with van der Waals surface area (Å²) < 4.78 is 31.5. The van der Waals surface area contributed by atoms with E-state index in [1.54, 1.807) is 20.8 Å². The second kappa shape index (κ2) is 13.3. The van der Waals surface area contributed by atoms with E-state index in [9.17, 15) is 24.9 Å². The highest BCUT2D eigenvalue weighted by Gasteiger charge is 2.58. The fraction of sp³-hybridized carbons (Fsp3) is 0.935. The summed E-state index contributed by atoms with van der Waals surface area (Å²) in [4.78, 5) is 27.6. The number of nitrogens with zero attached hydrogens (tertiary/aromatic N) is 1. The maximum atomic E-state index is 13.5. The Bertz CT molecular complexity index is 945. The molecule has 3 aliphatic rings. The largest absolute Gasteiger partial charge is 0.459 e. The van der Waals surface area contributed by atoms with E-state index >= 15 is 0 Å². The Morgan fingerprint density at radius 3 is 2.36 bits per heavy atom. The number of likely N-dealkylation sites (N-methyl/N-ethyl adjacent to an activating group) is 1. The van der Waals surface area contributed by atoms with Gasteiger partial charge < -0.3 is 43.9 Å². The van der Waals surface area contributed by atoms with Crippen molar-refractivity contribution in [1.29, 1.82) is 0 Å². The maximum Gasteiger partial charge on any atom is 0.311 e. The predicted molar refractivity (Wildman–Crippen MR) is 154 cm³/mol. The number of carbonyl (C=O) groups is 2. The Balaban J connectivity index is 2.08. The van der Waals surface area contributed by atoms with Crippen LogP contribution in [0.25, 0.3) is 0 Å². The zero-order chi connectivity index (χ0) is 31.9. The number of esters is 2. The Hall–Kier alpha value is -1.34. The molecule has 0 unspecified atom stereocenters. The number of aliphatic hydroxyl groups excluding tert-OH is 2. The molecule has 3 fully saturated rings. The Morgan fingerprint density at radius 1 is 1.19 bits per heavy atom. The molecule has 0 spiro atoms. The summed E-state index contributed by atoms with van der Waals surface area (Å²) in [5.41, 5.74) is -2.69. The third kappa shape index (κ3) is 6.98. The van der Waals surface area contributed by atoms with Gasteiger partial charge in [-0.15, -0.1) is 0 Å². The lowest BCUT2D eigenvalue weighted by Crippen LogP contribution is -2.59. The van der Waals surface area contributed by atoms with Crippen molar-refractivity contribution < 1.29 is 48.6 Å². The van der Waals surface area contributed by atoms with Gasteiger partial charge in [0, 0.05) is 18.8 Å². The Morgan fingerprint density at radius 2 is 1.81 bits per heavy atom. The summed E-state index contributed by atoms with van der Waals surface area (Å²) in [5, 5.41) is 33.7. The molecule has 3 saturated heterocycles. The predicted octanol–water partition coefficient (Wildman–Crippen LogP) is 2.27. The molecule has 3 rings (SSSR count). The summed E-state index contributed by atoms with van der Waals surface area (Å²) >= 11 is 0. The number of rotatable bonds is 7. The molecular weight excluding hydrogens is 546 g/mol. The van der Waals surface area contributed by atoms with Crippen molar-refractivity contribution in [3.63, 3.8) is 0 Å². The number of fused-ring (bicyclic) bond motifs is 2. The lowest BCUT2D eigenvalue weighted by atomic mass is 9.76.